The first-order chi connectivity index (χ1) is 8.79. The summed E-state index contributed by atoms with van der Waals surface area (Å²) in [5.41, 5.74) is 0.0537. The highest BCUT2D eigenvalue weighted by Crippen LogP contribution is 2.39. The summed E-state index contributed by atoms with van der Waals surface area (Å²) in [6.07, 6.45) is -3.86. The lowest BCUT2D eigenvalue weighted by atomic mass is 9.97. The summed E-state index contributed by atoms with van der Waals surface area (Å²) in [5, 5.41) is 11.8. The van der Waals surface area contributed by atoms with E-state index in [1.54, 1.807) is 13.0 Å². The summed E-state index contributed by atoms with van der Waals surface area (Å²) in [5.74, 6) is -1.52. The third-order valence-corrected chi connectivity index (χ3v) is 3.35. The third kappa shape index (κ3) is 2.83. The van der Waals surface area contributed by atoms with Crippen molar-refractivity contribution in [3.63, 3.8) is 0 Å². The van der Waals surface area contributed by atoms with Crippen LogP contribution in [0.3, 0.4) is 0 Å². The molecule has 104 valence electrons. The monoisotopic (exact) mass is 273 g/mol. The lowest BCUT2D eigenvalue weighted by Gasteiger charge is -2.13. The molecule has 2 N–H and O–H groups in total. The Morgan fingerprint density at radius 3 is 2.79 bits per heavy atom. The van der Waals surface area contributed by atoms with E-state index in [1.807, 2.05) is 0 Å². The molecule has 0 fully saturated rings. The van der Waals surface area contributed by atoms with Crippen molar-refractivity contribution in [1.82, 2.24) is 0 Å². The van der Waals surface area contributed by atoms with Gasteiger partial charge in [-0.05, 0) is 30.5 Å². The van der Waals surface area contributed by atoms with Crippen LogP contribution in [0.2, 0.25) is 0 Å². The number of hydrogen-bond donors (Lipinski definition) is 2. The van der Waals surface area contributed by atoms with Crippen LogP contribution in [-0.4, -0.2) is 17.1 Å². The number of carboxylic acid groups (broad SMARTS) is 1. The number of hydrogen-bond acceptors (Lipinski definition) is 2. The maximum atomic E-state index is 12.8. The summed E-state index contributed by atoms with van der Waals surface area (Å²) >= 11 is 0. The Kier molecular flexibility index (Phi) is 3.43. The summed E-state index contributed by atoms with van der Waals surface area (Å²) in [6, 6.07) is 3.75. The van der Waals surface area contributed by atoms with Crippen LogP contribution in [-0.2, 0) is 17.4 Å². The van der Waals surface area contributed by atoms with Gasteiger partial charge in [0.1, 0.15) is 0 Å². The fraction of sp³-hybridized carbons (Fsp3) is 0.462. The van der Waals surface area contributed by atoms with Crippen molar-refractivity contribution in [2.75, 3.05) is 5.32 Å². The standard InChI is InChI=1S/C13H14F3NO2/c1-7(12(18)19)5-8-6-9-10(13(14,15)16)3-2-4-11(9)17-8/h2-4,7-8,17H,5-6H2,1H3,(H,18,19). The molecule has 0 aliphatic carbocycles. The van der Waals surface area contributed by atoms with Crippen LogP contribution in [0.5, 0.6) is 0 Å². The van der Waals surface area contributed by atoms with E-state index in [0.29, 0.717) is 12.1 Å². The molecule has 0 spiro atoms. The number of anilines is 1. The molecule has 2 unspecified atom stereocenters. The highest BCUT2D eigenvalue weighted by Gasteiger charge is 2.37. The number of aliphatic carboxylic acids is 1. The highest BCUT2D eigenvalue weighted by atomic mass is 19.4. The first kappa shape index (κ1) is 13.7. The fourth-order valence-corrected chi connectivity index (χ4v) is 2.39. The first-order valence-corrected chi connectivity index (χ1v) is 5.97. The molecule has 1 aliphatic rings. The number of benzene rings is 1. The van der Waals surface area contributed by atoms with Crippen molar-refractivity contribution in [2.24, 2.45) is 5.92 Å². The number of halogens is 3. The number of alkyl halides is 3. The molecule has 0 aromatic heterocycles. The average Bonchev–Trinajstić information content (AvgIpc) is 2.68. The molecule has 0 bridgehead atoms. The van der Waals surface area contributed by atoms with Crippen molar-refractivity contribution in [3.05, 3.63) is 29.3 Å². The van der Waals surface area contributed by atoms with Gasteiger partial charge in [-0.3, -0.25) is 4.79 Å². The van der Waals surface area contributed by atoms with Crippen LogP contribution in [0, 0.1) is 5.92 Å². The van der Waals surface area contributed by atoms with E-state index in [9.17, 15) is 18.0 Å². The maximum absolute atomic E-state index is 12.8. The van der Waals surface area contributed by atoms with E-state index in [4.69, 9.17) is 5.11 Å². The van der Waals surface area contributed by atoms with Gasteiger partial charge in [0.05, 0.1) is 11.5 Å². The molecule has 1 aliphatic heterocycles. The van der Waals surface area contributed by atoms with Crippen LogP contribution < -0.4 is 5.32 Å². The molecule has 1 heterocycles. The van der Waals surface area contributed by atoms with Gasteiger partial charge < -0.3 is 10.4 Å². The minimum atomic E-state index is -4.37. The van der Waals surface area contributed by atoms with Crippen LogP contribution >= 0.6 is 0 Å². The largest absolute Gasteiger partial charge is 0.481 e. The van der Waals surface area contributed by atoms with Crippen molar-refractivity contribution in [1.29, 1.82) is 0 Å². The fourth-order valence-electron chi connectivity index (χ4n) is 2.39. The predicted molar refractivity (Wildman–Crippen MR) is 64.0 cm³/mol. The van der Waals surface area contributed by atoms with E-state index >= 15 is 0 Å². The Morgan fingerprint density at radius 2 is 2.21 bits per heavy atom. The van der Waals surface area contributed by atoms with Crippen LogP contribution in [0.1, 0.15) is 24.5 Å². The topological polar surface area (TPSA) is 49.3 Å². The molecule has 2 atom stereocenters. The molecule has 3 nitrogen and oxygen atoms in total. The molecule has 2 rings (SSSR count). The Morgan fingerprint density at radius 1 is 1.53 bits per heavy atom. The van der Waals surface area contributed by atoms with Crippen molar-refractivity contribution < 1.29 is 23.1 Å². The van der Waals surface area contributed by atoms with Crippen LogP contribution in [0.25, 0.3) is 0 Å². The van der Waals surface area contributed by atoms with Gasteiger partial charge in [-0.2, -0.15) is 13.2 Å². The lowest BCUT2D eigenvalue weighted by molar-refractivity contribution is -0.141. The number of rotatable bonds is 3. The minimum Gasteiger partial charge on any atom is -0.481 e. The number of nitrogens with one attached hydrogen (secondary N) is 1. The van der Waals surface area contributed by atoms with E-state index in [1.165, 1.54) is 6.07 Å². The molecular weight excluding hydrogens is 259 g/mol. The van der Waals surface area contributed by atoms with Crippen molar-refractivity contribution in [3.8, 4) is 0 Å². The molecule has 1 aromatic carbocycles. The van der Waals surface area contributed by atoms with Crippen molar-refractivity contribution in [2.45, 2.75) is 32.0 Å². The zero-order valence-electron chi connectivity index (χ0n) is 10.3. The first-order valence-electron chi connectivity index (χ1n) is 5.97. The normalized spacial score (nSPS) is 19.7. The SMILES string of the molecule is CC(CC1Cc2c(cccc2C(F)(F)F)N1)C(=O)O. The quantitative estimate of drug-likeness (QED) is 0.889. The van der Waals surface area contributed by atoms with E-state index in [0.717, 1.165) is 6.07 Å². The van der Waals surface area contributed by atoms with Gasteiger partial charge in [-0.25, -0.2) is 0 Å². The molecule has 1 aromatic rings. The van der Waals surface area contributed by atoms with Crippen molar-refractivity contribution >= 4 is 11.7 Å². The van der Waals surface area contributed by atoms with Gasteiger partial charge in [0.15, 0.2) is 0 Å². The second kappa shape index (κ2) is 4.75. The van der Waals surface area contributed by atoms with E-state index < -0.39 is 23.6 Å². The second-order valence-electron chi connectivity index (χ2n) is 4.85. The second-order valence-corrected chi connectivity index (χ2v) is 4.85. The molecule has 19 heavy (non-hydrogen) atoms. The maximum Gasteiger partial charge on any atom is 0.416 e. The summed E-state index contributed by atoms with van der Waals surface area (Å²) in [6.45, 7) is 1.55. The Balaban J connectivity index is 2.19. The Bertz CT molecular complexity index is 499. The van der Waals surface area contributed by atoms with Gasteiger partial charge in [0, 0.05) is 11.7 Å². The molecule has 0 saturated carbocycles. The van der Waals surface area contributed by atoms with Gasteiger partial charge >= 0.3 is 12.1 Å². The summed E-state index contributed by atoms with van der Waals surface area (Å²) in [4.78, 5) is 10.8. The smallest absolute Gasteiger partial charge is 0.416 e. The van der Waals surface area contributed by atoms with E-state index in [-0.39, 0.29) is 18.0 Å². The molecule has 0 amide bonds. The average molecular weight is 273 g/mol. The molecule has 0 radical (unpaired) electrons. The van der Waals surface area contributed by atoms with Gasteiger partial charge in [-0.1, -0.05) is 13.0 Å². The minimum absolute atomic E-state index is 0.211. The number of carbonyl (C=O) groups is 1. The van der Waals surface area contributed by atoms with Gasteiger partial charge in [0.25, 0.3) is 0 Å². The molecule has 6 heteroatoms. The lowest BCUT2D eigenvalue weighted by Crippen LogP contribution is -2.23. The summed E-state index contributed by atoms with van der Waals surface area (Å²) in [7, 11) is 0. The summed E-state index contributed by atoms with van der Waals surface area (Å²) < 4.78 is 38.5. The molecule has 0 saturated heterocycles. The third-order valence-electron chi connectivity index (χ3n) is 3.35. The van der Waals surface area contributed by atoms with Crippen LogP contribution in [0.15, 0.2) is 18.2 Å². The number of carboxylic acids is 1. The highest BCUT2D eigenvalue weighted by molar-refractivity contribution is 5.70. The van der Waals surface area contributed by atoms with Gasteiger partial charge in [-0.15, -0.1) is 0 Å². The molecular formula is C13H14F3NO2. The van der Waals surface area contributed by atoms with Gasteiger partial charge in [0.2, 0.25) is 0 Å². The van der Waals surface area contributed by atoms with Crippen LogP contribution in [0.4, 0.5) is 18.9 Å². The number of fused-ring (bicyclic) bond motifs is 1. The Hall–Kier alpha value is -1.72. The zero-order valence-corrected chi connectivity index (χ0v) is 10.3. The zero-order chi connectivity index (χ0) is 14.2. The van der Waals surface area contributed by atoms with E-state index in [2.05, 4.69) is 5.32 Å². The Labute approximate surface area is 108 Å². The predicted octanol–water partition coefficient (Wildman–Crippen LogP) is 3.15.